The van der Waals surface area contributed by atoms with Crippen LogP contribution in [0.15, 0.2) is 16.9 Å². The Labute approximate surface area is 121 Å². The first-order chi connectivity index (χ1) is 9.02. The van der Waals surface area contributed by atoms with Crippen LogP contribution in [0.5, 0.6) is 0 Å². The van der Waals surface area contributed by atoms with Crippen LogP contribution in [0.25, 0.3) is 0 Å². The number of rotatable bonds is 4. The summed E-state index contributed by atoms with van der Waals surface area (Å²) in [5.41, 5.74) is 9.34. The average molecular weight is 324 g/mol. The van der Waals surface area contributed by atoms with Crippen molar-refractivity contribution >= 4 is 15.9 Å². The lowest BCUT2D eigenvalue weighted by atomic mass is 10.1. The van der Waals surface area contributed by atoms with E-state index in [4.69, 9.17) is 5.73 Å². The Morgan fingerprint density at radius 1 is 1.37 bits per heavy atom. The molecule has 2 aromatic heterocycles. The molecule has 0 aromatic carbocycles. The second-order valence-corrected chi connectivity index (χ2v) is 5.41. The van der Waals surface area contributed by atoms with Crippen molar-refractivity contribution in [1.29, 1.82) is 0 Å². The molecule has 1 atom stereocenters. The highest BCUT2D eigenvalue weighted by Crippen LogP contribution is 2.24. The number of aromatic nitrogens is 4. The molecule has 0 bridgehead atoms. The van der Waals surface area contributed by atoms with Gasteiger partial charge in [-0.05, 0) is 34.8 Å². The van der Waals surface area contributed by atoms with E-state index in [2.05, 4.69) is 37.9 Å². The standard InChI is InChI=1S/C13H18BrN5/c1-4-10-12(14)11(19(3)18-10)5-9(15)13-16-6-8(2)7-17-13/h6-7,9H,4-5,15H2,1-3H3. The Balaban J connectivity index is 2.21. The summed E-state index contributed by atoms with van der Waals surface area (Å²) in [6.07, 6.45) is 5.13. The van der Waals surface area contributed by atoms with E-state index in [1.54, 1.807) is 12.4 Å². The average Bonchev–Trinajstić information content (AvgIpc) is 2.67. The Morgan fingerprint density at radius 2 is 2.00 bits per heavy atom. The van der Waals surface area contributed by atoms with Crippen LogP contribution in [0.4, 0.5) is 0 Å². The Bertz CT molecular complexity index is 561. The lowest BCUT2D eigenvalue weighted by Crippen LogP contribution is -2.18. The minimum atomic E-state index is -0.225. The molecule has 0 spiro atoms. The van der Waals surface area contributed by atoms with Crippen LogP contribution in [-0.2, 0) is 19.9 Å². The van der Waals surface area contributed by atoms with Crippen LogP contribution in [0.1, 0.15) is 35.7 Å². The van der Waals surface area contributed by atoms with Crippen LogP contribution in [0.3, 0.4) is 0 Å². The first-order valence-corrected chi connectivity index (χ1v) is 7.06. The zero-order valence-corrected chi connectivity index (χ0v) is 13.0. The van der Waals surface area contributed by atoms with Crippen LogP contribution >= 0.6 is 15.9 Å². The number of halogens is 1. The number of hydrogen-bond acceptors (Lipinski definition) is 4. The van der Waals surface area contributed by atoms with Gasteiger partial charge in [-0.15, -0.1) is 0 Å². The van der Waals surface area contributed by atoms with Crippen LogP contribution < -0.4 is 5.73 Å². The van der Waals surface area contributed by atoms with Crippen molar-refractivity contribution in [3.05, 3.63) is 39.6 Å². The number of hydrogen-bond donors (Lipinski definition) is 1. The fourth-order valence-electron chi connectivity index (χ4n) is 1.94. The molecule has 0 aliphatic rings. The highest BCUT2D eigenvalue weighted by Gasteiger charge is 2.17. The molecule has 19 heavy (non-hydrogen) atoms. The van der Waals surface area contributed by atoms with Crippen molar-refractivity contribution < 1.29 is 0 Å². The van der Waals surface area contributed by atoms with Gasteiger partial charge >= 0.3 is 0 Å². The normalized spacial score (nSPS) is 12.7. The first-order valence-electron chi connectivity index (χ1n) is 6.27. The third kappa shape index (κ3) is 3.01. The maximum atomic E-state index is 6.18. The van der Waals surface area contributed by atoms with Gasteiger partial charge < -0.3 is 5.73 Å². The predicted octanol–water partition coefficient (Wildman–Crippen LogP) is 2.09. The fourth-order valence-corrected chi connectivity index (χ4v) is 2.71. The van der Waals surface area contributed by atoms with Crippen LogP contribution in [0.2, 0.25) is 0 Å². The van der Waals surface area contributed by atoms with Crippen LogP contribution in [0, 0.1) is 6.92 Å². The van der Waals surface area contributed by atoms with E-state index >= 15 is 0 Å². The van der Waals surface area contributed by atoms with Gasteiger partial charge in [0.05, 0.1) is 21.9 Å². The lowest BCUT2D eigenvalue weighted by Gasteiger charge is -2.11. The molecule has 0 radical (unpaired) electrons. The Hall–Kier alpha value is -1.27. The third-order valence-electron chi connectivity index (χ3n) is 3.05. The summed E-state index contributed by atoms with van der Waals surface area (Å²) in [6, 6.07) is -0.225. The number of nitrogens with two attached hydrogens (primary N) is 1. The molecule has 0 fully saturated rings. The van der Waals surface area contributed by atoms with Crippen molar-refractivity contribution in [3.8, 4) is 0 Å². The van der Waals surface area contributed by atoms with Gasteiger partial charge in [0.2, 0.25) is 0 Å². The van der Waals surface area contributed by atoms with E-state index in [0.29, 0.717) is 12.2 Å². The van der Waals surface area contributed by atoms with Gasteiger partial charge in [-0.25, -0.2) is 9.97 Å². The Morgan fingerprint density at radius 3 is 2.53 bits per heavy atom. The molecule has 0 amide bonds. The molecule has 102 valence electrons. The molecular weight excluding hydrogens is 306 g/mol. The smallest absolute Gasteiger partial charge is 0.145 e. The zero-order chi connectivity index (χ0) is 14.0. The summed E-state index contributed by atoms with van der Waals surface area (Å²) >= 11 is 3.60. The van der Waals surface area contributed by atoms with Crippen molar-refractivity contribution in [3.63, 3.8) is 0 Å². The second-order valence-electron chi connectivity index (χ2n) is 4.61. The highest BCUT2D eigenvalue weighted by molar-refractivity contribution is 9.10. The largest absolute Gasteiger partial charge is 0.321 e. The van der Waals surface area contributed by atoms with E-state index in [1.165, 1.54) is 0 Å². The van der Waals surface area contributed by atoms with E-state index in [0.717, 1.165) is 27.8 Å². The van der Waals surface area contributed by atoms with Gasteiger partial charge in [0.15, 0.2) is 0 Å². The molecule has 2 N–H and O–H groups in total. The van der Waals surface area contributed by atoms with E-state index in [9.17, 15) is 0 Å². The molecule has 2 heterocycles. The van der Waals surface area contributed by atoms with Gasteiger partial charge in [-0.2, -0.15) is 5.10 Å². The SMILES string of the molecule is CCc1nn(C)c(CC(N)c2ncc(C)cn2)c1Br. The Kier molecular flexibility index (Phi) is 4.31. The van der Waals surface area contributed by atoms with E-state index in [1.807, 2.05) is 18.7 Å². The third-order valence-corrected chi connectivity index (χ3v) is 3.96. The monoisotopic (exact) mass is 323 g/mol. The van der Waals surface area contributed by atoms with Gasteiger partial charge in [0.1, 0.15) is 5.82 Å². The van der Waals surface area contributed by atoms with Crippen molar-refractivity contribution in [2.24, 2.45) is 12.8 Å². The highest BCUT2D eigenvalue weighted by atomic mass is 79.9. The van der Waals surface area contributed by atoms with Crippen molar-refractivity contribution in [1.82, 2.24) is 19.7 Å². The summed E-state index contributed by atoms with van der Waals surface area (Å²) in [4.78, 5) is 8.56. The van der Waals surface area contributed by atoms with Gasteiger partial charge in [0.25, 0.3) is 0 Å². The summed E-state index contributed by atoms with van der Waals surface area (Å²) in [5, 5.41) is 4.46. The molecular formula is C13H18BrN5. The minimum Gasteiger partial charge on any atom is -0.321 e. The summed E-state index contributed by atoms with van der Waals surface area (Å²) in [7, 11) is 1.93. The molecule has 0 saturated carbocycles. The molecule has 1 unspecified atom stereocenters. The summed E-state index contributed by atoms with van der Waals surface area (Å²) in [5.74, 6) is 0.664. The number of nitrogens with zero attached hydrogens (tertiary/aromatic N) is 4. The van der Waals surface area contributed by atoms with Gasteiger partial charge in [-0.1, -0.05) is 6.92 Å². The van der Waals surface area contributed by atoms with Crippen molar-refractivity contribution in [2.75, 3.05) is 0 Å². The van der Waals surface area contributed by atoms with Gasteiger partial charge in [-0.3, -0.25) is 4.68 Å². The minimum absolute atomic E-state index is 0.225. The molecule has 0 aliphatic heterocycles. The maximum absolute atomic E-state index is 6.18. The maximum Gasteiger partial charge on any atom is 0.145 e. The molecule has 2 rings (SSSR count). The summed E-state index contributed by atoms with van der Waals surface area (Å²) < 4.78 is 2.91. The predicted molar refractivity (Wildman–Crippen MR) is 77.7 cm³/mol. The summed E-state index contributed by atoms with van der Waals surface area (Å²) in [6.45, 7) is 4.04. The van der Waals surface area contributed by atoms with E-state index < -0.39 is 0 Å². The zero-order valence-electron chi connectivity index (χ0n) is 11.4. The quantitative estimate of drug-likeness (QED) is 0.935. The van der Waals surface area contributed by atoms with Crippen LogP contribution in [-0.4, -0.2) is 19.7 Å². The molecule has 2 aromatic rings. The first kappa shape index (κ1) is 14.1. The van der Waals surface area contributed by atoms with E-state index in [-0.39, 0.29) is 6.04 Å². The molecule has 0 saturated heterocycles. The lowest BCUT2D eigenvalue weighted by molar-refractivity contribution is 0.611. The van der Waals surface area contributed by atoms with Crippen molar-refractivity contribution in [2.45, 2.75) is 32.7 Å². The fraction of sp³-hybridized carbons (Fsp3) is 0.462. The molecule has 0 aliphatic carbocycles. The topological polar surface area (TPSA) is 69.6 Å². The van der Waals surface area contributed by atoms with Gasteiger partial charge in [0, 0.05) is 25.9 Å². The molecule has 6 heteroatoms. The second kappa shape index (κ2) is 5.79. The number of aryl methyl sites for hydroxylation is 3. The molecule has 5 nitrogen and oxygen atoms in total.